The van der Waals surface area contributed by atoms with Crippen molar-refractivity contribution in [3.63, 3.8) is 0 Å². The minimum atomic E-state index is -0.599. The van der Waals surface area contributed by atoms with Crippen molar-refractivity contribution in [2.75, 3.05) is 19.6 Å². The Bertz CT molecular complexity index is 237. The predicted octanol–water partition coefficient (Wildman–Crippen LogP) is 1.58. The molecule has 2 fully saturated rings. The fourth-order valence-corrected chi connectivity index (χ4v) is 2.39. The van der Waals surface area contributed by atoms with E-state index >= 15 is 0 Å². The predicted molar refractivity (Wildman–Crippen MR) is 54.1 cm³/mol. The monoisotopic (exact) mass is 197 g/mol. The second-order valence-corrected chi connectivity index (χ2v) is 4.87. The van der Waals surface area contributed by atoms with Gasteiger partial charge in [0.15, 0.2) is 0 Å². The minimum Gasteiger partial charge on any atom is -0.481 e. The molecule has 0 bridgehead atoms. The van der Waals surface area contributed by atoms with Crippen LogP contribution >= 0.6 is 0 Å². The normalized spacial score (nSPS) is 33.5. The van der Waals surface area contributed by atoms with Gasteiger partial charge in [-0.2, -0.15) is 0 Å². The number of likely N-dealkylation sites (tertiary alicyclic amines) is 1. The Morgan fingerprint density at radius 3 is 2.71 bits per heavy atom. The maximum Gasteiger partial charge on any atom is 0.310 e. The topological polar surface area (TPSA) is 40.5 Å². The summed E-state index contributed by atoms with van der Waals surface area (Å²) in [4.78, 5) is 13.5. The van der Waals surface area contributed by atoms with Gasteiger partial charge in [0.25, 0.3) is 0 Å². The zero-order chi connectivity index (χ0) is 10.2. The molecule has 14 heavy (non-hydrogen) atoms. The number of carbonyl (C=O) groups is 1. The van der Waals surface area contributed by atoms with Crippen molar-refractivity contribution < 1.29 is 9.90 Å². The minimum absolute atomic E-state index is 0.436. The molecule has 1 N–H and O–H groups in total. The number of rotatable bonds is 4. The fourth-order valence-electron chi connectivity index (χ4n) is 2.39. The van der Waals surface area contributed by atoms with Gasteiger partial charge in [-0.25, -0.2) is 0 Å². The second kappa shape index (κ2) is 3.54. The van der Waals surface area contributed by atoms with Crippen LogP contribution in [0.5, 0.6) is 0 Å². The maximum absolute atomic E-state index is 11.2. The highest BCUT2D eigenvalue weighted by Gasteiger charge is 2.44. The van der Waals surface area contributed by atoms with Crippen LogP contribution in [-0.4, -0.2) is 35.6 Å². The highest BCUT2D eigenvalue weighted by atomic mass is 16.4. The molecule has 3 heteroatoms. The van der Waals surface area contributed by atoms with Crippen LogP contribution in [0.2, 0.25) is 0 Å². The van der Waals surface area contributed by atoms with E-state index in [1.54, 1.807) is 0 Å². The molecule has 3 nitrogen and oxygen atoms in total. The van der Waals surface area contributed by atoms with E-state index in [0.717, 1.165) is 38.4 Å². The van der Waals surface area contributed by atoms with Gasteiger partial charge in [-0.1, -0.05) is 6.92 Å². The first-order valence-corrected chi connectivity index (χ1v) is 5.62. The molecule has 1 aliphatic heterocycles. The van der Waals surface area contributed by atoms with Gasteiger partial charge in [-0.3, -0.25) is 4.79 Å². The van der Waals surface area contributed by atoms with E-state index in [-0.39, 0.29) is 0 Å². The first-order chi connectivity index (χ1) is 6.66. The first-order valence-electron chi connectivity index (χ1n) is 5.62. The molecule has 1 saturated carbocycles. The molecular formula is C11H19NO2. The molecule has 80 valence electrons. The fraction of sp³-hybridized carbons (Fsp3) is 0.909. The quantitative estimate of drug-likeness (QED) is 0.744. The number of carboxylic acid groups (broad SMARTS) is 1. The Balaban J connectivity index is 1.92. The van der Waals surface area contributed by atoms with Crippen molar-refractivity contribution in [3.8, 4) is 0 Å². The van der Waals surface area contributed by atoms with Gasteiger partial charge < -0.3 is 10.0 Å². The van der Waals surface area contributed by atoms with Crippen LogP contribution in [0, 0.1) is 11.3 Å². The molecule has 2 rings (SSSR count). The third-order valence-electron chi connectivity index (χ3n) is 3.78. The number of nitrogens with zero attached hydrogens (tertiary/aromatic N) is 1. The van der Waals surface area contributed by atoms with E-state index in [0.29, 0.717) is 0 Å². The van der Waals surface area contributed by atoms with Gasteiger partial charge in [0.1, 0.15) is 0 Å². The first kappa shape index (κ1) is 9.97. The van der Waals surface area contributed by atoms with Crippen LogP contribution in [-0.2, 0) is 4.79 Å². The summed E-state index contributed by atoms with van der Waals surface area (Å²) in [6.07, 6.45) is 4.31. The molecule has 1 unspecified atom stereocenters. The van der Waals surface area contributed by atoms with Crippen molar-refractivity contribution in [3.05, 3.63) is 0 Å². The van der Waals surface area contributed by atoms with Crippen LogP contribution in [0.3, 0.4) is 0 Å². The van der Waals surface area contributed by atoms with E-state index in [4.69, 9.17) is 0 Å². The van der Waals surface area contributed by atoms with Crippen molar-refractivity contribution in [2.24, 2.45) is 11.3 Å². The molecule has 0 aromatic carbocycles. The molecule has 0 aromatic rings. The van der Waals surface area contributed by atoms with Crippen molar-refractivity contribution >= 4 is 5.97 Å². The van der Waals surface area contributed by atoms with Crippen molar-refractivity contribution in [2.45, 2.75) is 32.6 Å². The Labute approximate surface area is 85.1 Å². The van der Waals surface area contributed by atoms with Crippen molar-refractivity contribution in [1.29, 1.82) is 0 Å². The summed E-state index contributed by atoms with van der Waals surface area (Å²) in [5.41, 5.74) is -0.436. The average molecular weight is 197 g/mol. The van der Waals surface area contributed by atoms with Crippen LogP contribution in [0.15, 0.2) is 0 Å². The highest BCUT2D eigenvalue weighted by molar-refractivity contribution is 5.75. The zero-order valence-electron chi connectivity index (χ0n) is 8.83. The number of hydrogen-bond donors (Lipinski definition) is 1. The molecule has 1 aliphatic carbocycles. The van der Waals surface area contributed by atoms with Crippen LogP contribution in [0.4, 0.5) is 0 Å². The van der Waals surface area contributed by atoms with Gasteiger partial charge in [-0.05, 0) is 38.1 Å². The molecule has 2 aliphatic rings. The van der Waals surface area contributed by atoms with Gasteiger partial charge in [0.05, 0.1) is 5.41 Å². The molecule has 1 atom stereocenters. The van der Waals surface area contributed by atoms with Crippen LogP contribution < -0.4 is 0 Å². The van der Waals surface area contributed by atoms with E-state index < -0.39 is 11.4 Å². The highest BCUT2D eigenvalue weighted by Crippen LogP contribution is 2.37. The van der Waals surface area contributed by atoms with Crippen molar-refractivity contribution in [1.82, 2.24) is 4.90 Å². The second-order valence-electron chi connectivity index (χ2n) is 4.87. The maximum atomic E-state index is 11.2. The van der Waals surface area contributed by atoms with Gasteiger partial charge in [0, 0.05) is 13.1 Å². The van der Waals surface area contributed by atoms with E-state index in [2.05, 4.69) is 4.90 Å². The standard InChI is InChI=1S/C11H19NO2/c1-2-11(10(13)14)5-6-12(8-11)7-9-3-4-9/h9H,2-8H2,1H3,(H,13,14). The van der Waals surface area contributed by atoms with Crippen LogP contribution in [0.25, 0.3) is 0 Å². The van der Waals surface area contributed by atoms with E-state index in [1.165, 1.54) is 12.8 Å². The zero-order valence-corrected chi connectivity index (χ0v) is 8.83. The molecule has 0 aromatic heterocycles. The lowest BCUT2D eigenvalue weighted by atomic mass is 9.84. The molecule has 0 radical (unpaired) electrons. The lowest BCUT2D eigenvalue weighted by Gasteiger charge is -2.23. The van der Waals surface area contributed by atoms with E-state index in [9.17, 15) is 9.90 Å². The average Bonchev–Trinajstić information content (AvgIpc) is 2.84. The summed E-state index contributed by atoms with van der Waals surface area (Å²) in [5, 5.41) is 9.20. The summed E-state index contributed by atoms with van der Waals surface area (Å²) in [7, 11) is 0. The smallest absolute Gasteiger partial charge is 0.310 e. The van der Waals surface area contributed by atoms with E-state index in [1.807, 2.05) is 6.92 Å². The molecule has 1 heterocycles. The van der Waals surface area contributed by atoms with Crippen LogP contribution in [0.1, 0.15) is 32.6 Å². The molecule has 0 spiro atoms. The largest absolute Gasteiger partial charge is 0.481 e. The number of carboxylic acids is 1. The Morgan fingerprint density at radius 2 is 2.29 bits per heavy atom. The lowest BCUT2D eigenvalue weighted by molar-refractivity contribution is -0.148. The molecular weight excluding hydrogens is 178 g/mol. The lowest BCUT2D eigenvalue weighted by Crippen LogP contribution is -2.34. The van der Waals surface area contributed by atoms with Gasteiger partial charge in [-0.15, -0.1) is 0 Å². The third kappa shape index (κ3) is 1.78. The van der Waals surface area contributed by atoms with Gasteiger partial charge in [0.2, 0.25) is 0 Å². The Kier molecular flexibility index (Phi) is 2.52. The summed E-state index contributed by atoms with van der Waals surface area (Å²) in [6, 6.07) is 0. The summed E-state index contributed by atoms with van der Waals surface area (Å²) in [5.74, 6) is 0.273. The molecule has 1 saturated heterocycles. The Hall–Kier alpha value is -0.570. The Morgan fingerprint density at radius 1 is 1.57 bits per heavy atom. The summed E-state index contributed by atoms with van der Waals surface area (Å²) < 4.78 is 0. The SMILES string of the molecule is CCC1(C(=O)O)CCN(CC2CC2)C1. The third-order valence-corrected chi connectivity index (χ3v) is 3.78. The number of aliphatic carboxylic acids is 1. The molecule has 0 amide bonds. The summed E-state index contributed by atoms with van der Waals surface area (Å²) >= 11 is 0. The number of hydrogen-bond acceptors (Lipinski definition) is 2. The van der Waals surface area contributed by atoms with Gasteiger partial charge >= 0.3 is 5.97 Å². The summed E-state index contributed by atoms with van der Waals surface area (Å²) in [6.45, 7) is 4.88.